The van der Waals surface area contributed by atoms with Gasteiger partial charge >= 0.3 is 0 Å². The number of carbonyl (C=O) groups excluding carboxylic acids is 1. The van der Waals surface area contributed by atoms with Gasteiger partial charge in [0, 0.05) is 29.9 Å². The Kier molecular flexibility index (Phi) is 3.04. The number of Topliss-reactive ketones (excluding diaryl/α,β-unsaturated/α-hetero) is 1. The predicted molar refractivity (Wildman–Crippen MR) is 72.9 cm³/mol. The zero-order valence-corrected chi connectivity index (χ0v) is 11.5. The van der Waals surface area contributed by atoms with Crippen LogP contribution >= 0.6 is 0 Å². The van der Waals surface area contributed by atoms with Crippen molar-refractivity contribution in [3.63, 3.8) is 0 Å². The number of nitrogens with zero attached hydrogens (tertiary/aromatic N) is 1. The number of hydrogen-bond donors (Lipinski definition) is 0. The van der Waals surface area contributed by atoms with E-state index in [0.29, 0.717) is 11.8 Å². The molecular formula is C16H23NO. The first kappa shape index (κ1) is 12.0. The minimum Gasteiger partial charge on any atom is -0.347 e. The Morgan fingerprint density at radius 2 is 2.17 bits per heavy atom. The van der Waals surface area contributed by atoms with Gasteiger partial charge in [0.05, 0.1) is 0 Å². The summed E-state index contributed by atoms with van der Waals surface area (Å²) in [5, 5.41) is 0. The average molecular weight is 245 g/mol. The van der Waals surface area contributed by atoms with Crippen molar-refractivity contribution >= 4 is 5.78 Å². The molecule has 1 fully saturated rings. The van der Waals surface area contributed by atoms with Crippen LogP contribution in [0.25, 0.3) is 0 Å². The first-order chi connectivity index (χ1) is 8.72. The van der Waals surface area contributed by atoms with E-state index in [0.717, 1.165) is 36.7 Å². The van der Waals surface area contributed by atoms with Crippen LogP contribution in [0.4, 0.5) is 0 Å². The van der Waals surface area contributed by atoms with Crippen molar-refractivity contribution in [3.8, 4) is 0 Å². The van der Waals surface area contributed by atoms with Gasteiger partial charge in [-0.3, -0.25) is 4.79 Å². The largest absolute Gasteiger partial charge is 0.347 e. The lowest BCUT2D eigenvalue weighted by Crippen LogP contribution is -2.19. The second-order valence-corrected chi connectivity index (χ2v) is 6.03. The summed E-state index contributed by atoms with van der Waals surface area (Å²) in [7, 11) is 0. The summed E-state index contributed by atoms with van der Waals surface area (Å²) in [6, 6.07) is 2.69. The summed E-state index contributed by atoms with van der Waals surface area (Å²) >= 11 is 0. The molecule has 3 rings (SSSR count). The minimum absolute atomic E-state index is 0.354. The highest BCUT2D eigenvalue weighted by molar-refractivity contribution is 5.98. The van der Waals surface area contributed by atoms with E-state index >= 15 is 0 Å². The Bertz CT molecular complexity index is 460. The minimum atomic E-state index is 0.354. The van der Waals surface area contributed by atoms with Crippen molar-refractivity contribution in [2.24, 2.45) is 11.8 Å². The number of rotatable bonds is 2. The van der Waals surface area contributed by atoms with Gasteiger partial charge in [-0.05, 0) is 43.6 Å². The zero-order chi connectivity index (χ0) is 12.7. The SMILES string of the molecule is CCC1CCC(n2ccc3c2CCCC3=O)C1C. The third kappa shape index (κ3) is 1.73. The Morgan fingerprint density at radius 1 is 1.33 bits per heavy atom. The molecule has 0 N–H and O–H groups in total. The van der Waals surface area contributed by atoms with E-state index in [4.69, 9.17) is 0 Å². The number of carbonyl (C=O) groups is 1. The van der Waals surface area contributed by atoms with E-state index < -0.39 is 0 Å². The number of aromatic nitrogens is 1. The van der Waals surface area contributed by atoms with Crippen LogP contribution in [0, 0.1) is 11.8 Å². The van der Waals surface area contributed by atoms with Gasteiger partial charge in [0.1, 0.15) is 0 Å². The van der Waals surface area contributed by atoms with Gasteiger partial charge < -0.3 is 4.57 Å². The van der Waals surface area contributed by atoms with Gasteiger partial charge in [-0.2, -0.15) is 0 Å². The molecule has 2 nitrogen and oxygen atoms in total. The van der Waals surface area contributed by atoms with E-state index in [2.05, 4.69) is 30.7 Å². The third-order valence-corrected chi connectivity index (χ3v) is 5.21. The summed E-state index contributed by atoms with van der Waals surface area (Å²) in [4.78, 5) is 11.9. The Hall–Kier alpha value is -1.05. The summed E-state index contributed by atoms with van der Waals surface area (Å²) in [5.41, 5.74) is 2.33. The molecule has 0 saturated heterocycles. The average Bonchev–Trinajstić information content (AvgIpc) is 2.93. The van der Waals surface area contributed by atoms with Crippen molar-refractivity contribution < 1.29 is 4.79 Å². The van der Waals surface area contributed by atoms with Crippen LogP contribution in [0.3, 0.4) is 0 Å². The Morgan fingerprint density at radius 3 is 2.89 bits per heavy atom. The number of fused-ring (bicyclic) bond motifs is 1. The van der Waals surface area contributed by atoms with Crippen molar-refractivity contribution in [3.05, 3.63) is 23.5 Å². The second kappa shape index (κ2) is 4.56. The molecule has 1 aromatic heterocycles. The smallest absolute Gasteiger partial charge is 0.164 e. The molecule has 0 aliphatic heterocycles. The van der Waals surface area contributed by atoms with Gasteiger partial charge in [0.2, 0.25) is 0 Å². The third-order valence-electron chi connectivity index (χ3n) is 5.21. The molecular weight excluding hydrogens is 222 g/mol. The number of hydrogen-bond acceptors (Lipinski definition) is 1. The highest BCUT2D eigenvalue weighted by atomic mass is 16.1. The van der Waals surface area contributed by atoms with Crippen LogP contribution in [-0.4, -0.2) is 10.4 Å². The van der Waals surface area contributed by atoms with Crippen LogP contribution < -0.4 is 0 Å². The molecule has 2 aliphatic carbocycles. The standard InChI is InChI=1S/C16H23NO/c1-3-12-7-8-14(11(12)2)17-10-9-13-15(17)5-4-6-16(13)18/h9-12,14H,3-8H2,1-2H3. The molecule has 2 aliphatic rings. The number of ketones is 1. The molecule has 1 aromatic rings. The molecule has 2 heteroatoms. The highest BCUT2D eigenvalue weighted by Crippen LogP contribution is 2.43. The molecule has 0 aromatic carbocycles. The second-order valence-electron chi connectivity index (χ2n) is 6.03. The Labute approximate surface area is 109 Å². The van der Waals surface area contributed by atoms with E-state index in [-0.39, 0.29) is 0 Å². The van der Waals surface area contributed by atoms with Crippen molar-refractivity contribution in [2.75, 3.05) is 0 Å². The van der Waals surface area contributed by atoms with Crippen LogP contribution in [0.2, 0.25) is 0 Å². The summed E-state index contributed by atoms with van der Waals surface area (Å²) in [6.07, 6.45) is 8.97. The van der Waals surface area contributed by atoms with Gasteiger partial charge in [-0.15, -0.1) is 0 Å². The zero-order valence-electron chi connectivity index (χ0n) is 11.5. The fraction of sp³-hybridized carbons (Fsp3) is 0.688. The van der Waals surface area contributed by atoms with E-state index in [1.807, 2.05) is 0 Å². The monoisotopic (exact) mass is 245 g/mol. The molecule has 3 atom stereocenters. The maximum absolute atomic E-state index is 11.9. The lowest BCUT2D eigenvalue weighted by Gasteiger charge is -2.25. The van der Waals surface area contributed by atoms with Crippen molar-refractivity contribution in [2.45, 2.75) is 58.4 Å². The fourth-order valence-electron chi connectivity index (χ4n) is 4.05. The van der Waals surface area contributed by atoms with E-state index in [1.165, 1.54) is 25.0 Å². The highest BCUT2D eigenvalue weighted by Gasteiger charge is 2.34. The molecule has 0 bridgehead atoms. The van der Waals surface area contributed by atoms with E-state index in [9.17, 15) is 4.79 Å². The van der Waals surface area contributed by atoms with Crippen LogP contribution in [0.1, 0.15) is 68.0 Å². The first-order valence-electron chi connectivity index (χ1n) is 7.45. The molecule has 1 heterocycles. The van der Waals surface area contributed by atoms with E-state index in [1.54, 1.807) is 0 Å². The van der Waals surface area contributed by atoms with Crippen LogP contribution in [0.5, 0.6) is 0 Å². The lowest BCUT2D eigenvalue weighted by molar-refractivity contribution is 0.0971. The van der Waals surface area contributed by atoms with Crippen LogP contribution in [0.15, 0.2) is 12.3 Å². The molecule has 0 radical (unpaired) electrons. The van der Waals surface area contributed by atoms with Crippen molar-refractivity contribution in [1.82, 2.24) is 4.57 Å². The van der Waals surface area contributed by atoms with Crippen LogP contribution in [-0.2, 0) is 6.42 Å². The maximum Gasteiger partial charge on any atom is 0.164 e. The molecule has 0 amide bonds. The Balaban J connectivity index is 1.92. The molecule has 0 spiro atoms. The normalized spacial score (nSPS) is 31.7. The predicted octanol–water partition coefficient (Wildman–Crippen LogP) is 4.00. The summed E-state index contributed by atoms with van der Waals surface area (Å²) < 4.78 is 2.44. The molecule has 3 unspecified atom stereocenters. The molecule has 98 valence electrons. The first-order valence-corrected chi connectivity index (χ1v) is 7.45. The molecule has 1 saturated carbocycles. The van der Waals surface area contributed by atoms with Gasteiger partial charge in [0.25, 0.3) is 0 Å². The van der Waals surface area contributed by atoms with Gasteiger partial charge in [-0.1, -0.05) is 20.3 Å². The van der Waals surface area contributed by atoms with Gasteiger partial charge in [-0.25, -0.2) is 0 Å². The van der Waals surface area contributed by atoms with Gasteiger partial charge in [0.15, 0.2) is 5.78 Å². The summed E-state index contributed by atoms with van der Waals surface area (Å²) in [6.45, 7) is 4.70. The fourth-order valence-corrected chi connectivity index (χ4v) is 4.05. The quantitative estimate of drug-likeness (QED) is 0.771. The maximum atomic E-state index is 11.9. The molecule has 18 heavy (non-hydrogen) atoms. The summed E-state index contributed by atoms with van der Waals surface area (Å²) in [5.74, 6) is 1.98. The van der Waals surface area contributed by atoms with Crippen molar-refractivity contribution in [1.29, 1.82) is 0 Å². The topological polar surface area (TPSA) is 22.0 Å². The lowest BCUT2D eigenvalue weighted by atomic mass is 9.92.